The molecule has 0 aliphatic heterocycles. The zero-order valence-electron chi connectivity index (χ0n) is 11.5. The van der Waals surface area contributed by atoms with Crippen LogP contribution in [0.5, 0.6) is 5.75 Å². The van der Waals surface area contributed by atoms with Crippen molar-refractivity contribution in [2.75, 3.05) is 13.7 Å². The van der Waals surface area contributed by atoms with Crippen molar-refractivity contribution in [2.24, 2.45) is 0 Å². The van der Waals surface area contributed by atoms with Crippen LogP contribution >= 0.6 is 27.5 Å². The highest BCUT2D eigenvalue weighted by Gasteiger charge is 2.17. The van der Waals surface area contributed by atoms with Gasteiger partial charge in [-0.2, -0.15) is 0 Å². The van der Waals surface area contributed by atoms with Gasteiger partial charge >= 0.3 is 0 Å². The Morgan fingerprint density at radius 2 is 1.90 bits per heavy atom. The monoisotopic (exact) mass is 353 g/mol. The molecular weight excluding hydrogens is 338 g/mol. The van der Waals surface area contributed by atoms with E-state index in [-0.39, 0.29) is 6.04 Å². The van der Waals surface area contributed by atoms with E-state index < -0.39 is 0 Å². The van der Waals surface area contributed by atoms with Gasteiger partial charge in [-0.05, 0) is 36.4 Å². The van der Waals surface area contributed by atoms with Gasteiger partial charge in [0.25, 0.3) is 0 Å². The average molecular weight is 355 g/mol. The Kier molecular flexibility index (Phi) is 5.46. The molecule has 0 amide bonds. The molecule has 1 atom stereocenters. The molecule has 0 saturated heterocycles. The lowest BCUT2D eigenvalue weighted by atomic mass is 9.98. The third-order valence-corrected chi connectivity index (χ3v) is 3.86. The zero-order chi connectivity index (χ0) is 14.5. The van der Waals surface area contributed by atoms with Gasteiger partial charge in [0.15, 0.2) is 0 Å². The van der Waals surface area contributed by atoms with Crippen molar-refractivity contribution >= 4 is 27.5 Å². The molecule has 0 aliphatic rings. The molecule has 1 unspecified atom stereocenters. The maximum atomic E-state index is 5.97. The van der Waals surface area contributed by atoms with Crippen molar-refractivity contribution in [3.05, 3.63) is 63.1 Å². The Morgan fingerprint density at radius 3 is 2.50 bits per heavy atom. The lowest BCUT2D eigenvalue weighted by molar-refractivity contribution is 0.404. The highest BCUT2D eigenvalue weighted by molar-refractivity contribution is 9.10. The summed E-state index contributed by atoms with van der Waals surface area (Å²) in [6.07, 6.45) is 0. The van der Waals surface area contributed by atoms with Gasteiger partial charge < -0.3 is 10.1 Å². The van der Waals surface area contributed by atoms with Gasteiger partial charge in [-0.3, -0.25) is 0 Å². The number of rotatable bonds is 5. The zero-order valence-corrected chi connectivity index (χ0v) is 13.8. The number of ether oxygens (including phenoxy) is 1. The number of hydrogen-bond acceptors (Lipinski definition) is 2. The van der Waals surface area contributed by atoms with Gasteiger partial charge in [0.2, 0.25) is 0 Å². The molecule has 2 aromatic rings. The van der Waals surface area contributed by atoms with Gasteiger partial charge in [0.1, 0.15) is 5.75 Å². The molecule has 1 N–H and O–H groups in total. The largest absolute Gasteiger partial charge is 0.496 e. The van der Waals surface area contributed by atoms with E-state index in [9.17, 15) is 0 Å². The van der Waals surface area contributed by atoms with Crippen molar-refractivity contribution in [3.8, 4) is 5.75 Å². The Balaban J connectivity index is 2.45. The maximum absolute atomic E-state index is 5.97. The minimum absolute atomic E-state index is 0.0836. The molecule has 0 bridgehead atoms. The highest BCUT2D eigenvalue weighted by Crippen LogP contribution is 2.32. The number of benzene rings is 2. The van der Waals surface area contributed by atoms with Crippen LogP contribution in [0, 0.1) is 0 Å². The fourth-order valence-electron chi connectivity index (χ4n) is 2.19. The highest BCUT2D eigenvalue weighted by atomic mass is 79.9. The summed E-state index contributed by atoms with van der Waals surface area (Å²) in [4.78, 5) is 0. The van der Waals surface area contributed by atoms with Crippen LogP contribution in [0.15, 0.2) is 46.9 Å². The first-order valence-corrected chi connectivity index (χ1v) is 7.65. The molecule has 0 aliphatic carbocycles. The maximum Gasteiger partial charge on any atom is 0.125 e. The molecule has 106 valence electrons. The summed E-state index contributed by atoms with van der Waals surface area (Å²) in [5.41, 5.74) is 2.27. The Hall–Kier alpha value is -1.03. The third kappa shape index (κ3) is 3.54. The normalized spacial score (nSPS) is 12.2. The quantitative estimate of drug-likeness (QED) is 0.832. The second-order valence-corrected chi connectivity index (χ2v) is 5.78. The average Bonchev–Trinajstić information content (AvgIpc) is 2.46. The molecule has 2 aromatic carbocycles. The third-order valence-electron chi connectivity index (χ3n) is 3.12. The molecule has 2 rings (SSSR count). The van der Waals surface area contributed by atoms with Crippen molar-refractivity contribution in [1.29, 1.82) is 0 Å². The topological polar surface area (TPSA) is 21.3 Å². The molecule has 0 saturated carbocycles. The van der Waals surface area contributed by atoms with Crippen LogP contribution in [0.25, 0.3) is 0 Å². The molecule has 0 heterocycles. The minimum Gasteiger partial charge on any atom is -0.496 e. The van der Waals surface area contributed by atoms with Gasteiger partial charge in [-0.15, -0.1) is 0 Å². The minimum atomic E-state index is 0.0836. The number of halogens is 2. The van der Waals surface area contributed by atoms with E-state index in [2.05, 4.69) is 34.2 Å². The molecule has 0 aromatic heterocycles. The molecular formula is C16H17BrClNO. The van der Waals surface area contributed by atoms with E-state index in [4.69, 9.17) is 16.3 Å². The smallest absolute Gasteiger partial charge is 0.125 e. The lowest BCUT2D eigenvalue weighted by Crippen LogP contribution is -2.22. The molecule has 2 nitrogen and oxygen atoms in total. The van der Waals surface area contributed by atoms with Crippen LogP contribution in [-0.4, -0.2) is 13.7 Å². The SMILES string of the molecule is CCNC(c1ccc(Cl)cc1)c1ccc(Br)cc1OC. The fraction of sp³-hybridized carbons (Fsp3) is 0.250. The van der Waals surface area contributed by atoms with Crippen molar-refractivity contribution in [1.82, 2.24) is 5.32 Å². The van der Waals surface area contributed by atoms with Crippen molar-refractivity contribution in [2.45, 2.75) is 13.0 Å². The van der Waals surface area contributed by atoms with Crippen LogP contribution in [-0.2, 0) is 0 Å². The van der Waals surface area contributed by atoms with Crippen LogP contribution < -0.4 is 10.1 Å². The lowest BCUT2D eigenvalue weighted by Gasteiger charge is -2.21. The Bertz CT molecular complexity index is 571. The summed E-state index contributed by atoms with van der Waals surface area (Å²) in [6, 6.07) is 14.1. The van der Waals surface area contributed by atoms with Gasteiger partial charge in [0.05, 0.1) is 13.2 Å². The van der Waals surface area contributed by atoms with Crippen LogP contribution in [0.4, 0.5) is 0 Å². The Labute approximate surface area is 133 Å². The Morgan fingerprint density at radius 1 is 1.20 bits per heavy atom. The second kappa shape index (κ2) is 7.11. The summed E-state index contributed by atoms with van der Waals surface area (Å²) in [5, 5.41) is 4.23. The van der Waals surface area contributed by atoms with E-state index in [1.165, 1.54) is 0 Å². The summed E-state index contributed by atoms with van der Waals surface area (Å²) in [5.74, 6) is 0.861. The molecule has 0 radical (unpaired) electrons. The predicted molar refractivity (Wildman–Crippen MR) is 87.7 cm³/mol. The first kappa shape index (κ1) is 15.4. The van der Waals surface area contributed by atoms with E-state index in [1.807, 2.05) is 36.4 Å². The van der Waals surface area contributed by atoms with E-state index in [0.29, 0.717) is 0 Å². The summed E-state index contributed by atoms with van der Waals surface area (Å²) >= 11 is 9.44. The summed E-state index contributed by atoms with van der Waals surface area (Å²) < 4.78 is 6.51. The number of hydrogen-bond donors (Lipinski definition) is 1. The van der Waals surface area contributed by atoms with Crippen molar-refractivity contribution < 1.29 is 4.74 Å². The predicted octanol–water partition coefficient (Wildman–Crippen LogP) is 4.81. The van der Waals surface area contributed by atoms with E-state index >= 15 is 0 Å². The molecule has 0 spiro atoms. The fourth-order valence-corrected chi connectivity index (χ4v) is 2.66. The first-order valence-electron chi connectivity index (χ1n) is 6.48. The van der Waals surface area contributed by atoms with E-state index in [0.717, 1.165) is 32.9 Å². The van der Waals surface area contributed by atoms with Gasteiger partial charge in [-0.1, -0.05) is 52.7 Å². The second-order valence-electron chi connectivity index (χ2n) is 4.43. The van der Waals surface area contributed by atoms with Gasteiger partial charge in [-0.25, -0.2) is 0 Å². The van der Waals surface area contributed by atoms with Crippen molar-refractivity contribution in [3.63, 3.8) is 0 Å². The van der Waals surface area contributed by atoms with Crippen LogP contribution in [0.2, 0.25) is 5.02 Å². The molecule has 0 fully saturated rings. The first-order chi connectivity index (χ1) is 9.65. The van der Waals surface area contributed by atoms with E-state index in [1.54, 1.807) is 7.11 Å². The molecule has 4 heteroatoms. The number of methoxy groups -OCH3 is 1. The summed E-state index contributed by atoms with van der Waals surface area (Å²) in [6.45, 7) is 2.96. The van der Waals surface area contributed by atoms with Crippen LogP contribution in [0.3, 0.4) is 0 Å². The number of nitrogens with one attached hydrogen (secondary N) is 1. The standard InChI is InChI=1S/C16H17BrClNO/c1-3-19-16(11-4-7-13(18)8-5-11)14-9-6-12(17)10-15(14)20-2/h4-10,16,19H,3H2,1-2H3. The van der Waals surface area contributed by atoms with Crippen LogP contribution in [0.1, 0.15) is 24.1 Å². The molecule has 20 heavy (non-hydrogen) atoms. The summed E-state index contributed by atoms with van der Waals surface area (Å²) in [7, 11) is 1.69. The van der Waals surface area contributed by atoms with Gasteiger partial charge in [0, 0.05) is 15.1 Å².